The number of imidazole rings is 2. The van der Waals surface area contributed by atoms with Gasteiger partial charge < -0.3 is 20.4 Å². The Hall–Kier alpha value is -4.01. The van der Waals surface area contributed by atoms with Gasteiger partial charge in [-0.15, -0.1) is 0 Å². The average Bonchev–Trinajstić information content (AvgIpc) is 3.37. The molecule has 0 bridgehead atoms. The Balaban J connectivity index is 1.63. The molecule has 28 heavy (non-hydrogen) atoms. The highest BCUT2D eigenvalue weighted by atomic mass is 16.4. The van der Waals surface area contributed by atoms with Crippen LogP contribution in [0.3, 0.4) is 0 Å². The fraction of sp³-hybridized carbons (Fsp3) is 0.105. The van der Waals surface area contributed by atoms with Gasteiger partial charge in [-0.1, -0.05) is 6.07 Å². The summed E-state index contributed by atoms with van der Waals surface area (Å²) >= 11 is 0. The number of H-pyrrole nitrogens is 2. The van der Waals surface area contributed by atoms with E-state index in [1.54, 1.807) is 24.5 Å². The van der Waals surface area contributed by atoms with Crippen LogP contribution in [0.2, 0.25) is 0 Å². The van der Waals surface area contributed by atoms with Gasteiger partial charge in [0.15, 0.2) is 0 Å². The summed E-state index contributed by atoms with van der Waals surface area (Å²) in [6.07, 6.45) is 6.39. The predicted octanol–water partition coefficient (Wildman–Crippen LogP) is 1.77. The standard InChI is InChI=1S/C19H16N6O3/c26-18(24-15(19(27)28)8-12-9-21-10-22-12)13-2-1-3-14-16(13)25-17(23-14)11-4-6-20-7-5-11/h1-7,9-10,15H,8H2,(H,21,22)(H,23,25)(H,24,26)(H,27,28)/t15-/m0/s1. The fourth-order valence-corrected chi connectivity index (χ4v) is 2.91. The van der Waals surface area contributed by atoms with Crippen LogP contribution in [0.1, 0.15) is 16.1 Å². The maximum absolute atomic E-state index is 12.8. The van der Waals surface area contributed by atoms with Gasteiger partial charge in [0.05, 0.1) is 17.4 Å². The van der Waals surface area contributed by atoms with E-state index in [0.29, 0.717) is 28.1 Å². The molecule has 3 aromatic heterocycles. The summed E-state index contributed by atoms with van der Waals surface area (Å²) in [7, 11) is 0. The van der Waals surface area contributed by atoms with Crippen LogP contribution in [0.25, 0.3) is 22.4 Å². The second-order valence-electron chi connectivity index (χ2n) is 6.17. The van der Waals surface area contributed by atoms with Crippen LogP contribution in [0.15, 0.2) is 55.2 Å². The zero-order valence-electron chi connectivity index (χ0n) is 14.6. The first-order valence-corrected chi connectivity index (χ1v) is 8.52. The van der Waals surface area contributed by atoms with Gasteiger partial charge in [-0.05, 0) is 24.3 Å². The number of aromatic amines is 2. The number of carboxylic acid groups (broad SMARTS) is 1. The van der Waals surface area contributed by atoms with E-state index in [0.717, 1.165) is 5.56 Å². The summed E-state index contributed by atoms with van der Waals surface area (Å²) in [4.78, 5) is 42.7. The van der Waals surface area contributed by atoms with Crippen molar-refractivity contribution in [3.05, 3.63) is 66.5 Å². The lowest BCUT2D eigenvalue weighted by atomic mass is 10.1. The smallest absolute Gasteiger partial charge is 0.326 e. The molecule has 4 rings (SSSR count). The Labute approximate surface area is 158 Å². The van der Waals surface area contributed by atoms with Gasteiger partial charge >= 0.3 is 5.97 Å². The molecule has 3 heterocycles. The third kappa shape index (κ3) is 3.45. The normalized spacial score (nSPS) is 12.0. The molecule has 0 fully saturated rings. The van der Waals surface area contributed by atoms with E-state index >= 15 is 0 Å². The van der Waals surface area contributed by atoms with Crippen molar-refractivity contribution >= 4 is 22.9 Å². The molecule has 0 spiro atoms. The molecule has 9 heteroatoms. The van der Waals surface area contributed by atoms with E-state index in [2.05, 4.69) is 30.2 Å². The number of carboxylic acids is 1. The second-order valence-corrected chi connectivity index (χ2v) is 6.17. The summed E-state index contributed by atoms with van der Waals surface area (Å²) in [6, 6.07) is 7.66. The van der Waals surface area contributed by atoms with Crippen LogP contribution < -0.4 is 5.32 Å². The number of pyridine rings is 1. The Kier molecular flexibility index (Phi) is 4.55. The molecule has 4 N–H and O–H groups in total. The van der Waals surface area contributed by atoms with Crippen molar-refractivity contribution in [2.45, 2.75) is 12.5 Å². The third-order valence-corrected chi connectivity index (χ3v) is 4.29. The lowest BCUT2D eigenvalue weighted by Crippen LogP contribution is -2.42. The number of para-hydroxylation sites is 1. The molecule has 9 nitrogen and oxygen atoms in total. The molecule has 140 valence electrons. The second kappa shape index (κ2) is 7.31. The summed E-state index contributed by atoms with van der Waals surface area (Å²) in [5, 5.41) is 12.0. The molecule has 0 aliphatic carbocycles. The first-order valence-electron chi connectivity index (χ1n) is 8.52. The van der Waals surface area contributed by atoms with Gasteiger partial charge in [0.25, 0.3) is 5.91 Å². The molecule has 0 radical (unpaired) electrons. The number of amides is 1. The number of carbonyl (C=O) groups excluding carboxylic acids is 1. The zero-order chi connectivity index (χ0) is 19.5. The van der Waals surface area contributed by atoms with Gasteiger partial charge in [-0.2, -0.15) is 0 Å². The van der Waals surface area contributed by atoms with Gasteiger partial charge in [-0.3, -0.25) is 9.78 Å². The molecule has 0 aliphatic rings. The molecule has 1 amide bonds. The van der Waals surface area contributed by atoms with Gasteiger partial charge in [0, 0.05) is 36.3 Å². The summed E-state index contributed by atoms with van der Waals surface area (Å²) in [5.41, 5.74) is 2.90. The van der Waals surface area contributed by atoms with Crippen LogP contribution >= 0.6 is 0 Å². The molecular weight excluding hydrogens is 360 g/mol. The number of aliphatic carboxylic acids is 1. The first kappa shape index (κ1) is 17.4. The van der Waals surface area contributed by atoms with E-state index in [1.165, 1.54) is 12.5 Å². The number of aromatic nitrogens is 5. The van der Waals surface area contributed by atoms with Crippen molar-refractivity contribution in [3.8, 4) is 11.4 Å². The molecule has 4 aromatic rings. The number of rotatable bonds is 6. The minimum atomic E-state index is -1.13. The van der Waals surface area contributed by atoms with E-state index in [9.17, 15) is 14.7 Å². The quantitative estimate of drug-likeness (QED) is 0.405. The maximum Gasteiger partial charge on any atom is 0.326 e. The van der Waals surface area contributed by atoms with Crippen molar-refractivity contribution in [1.82, 2.24) is 30.2 Å². The minimum absolute atomic E-state index is 0.0971. The summed E-state index contributed by atoms with van der Waals surface area (Å²) in [6.45, 7) is 0. The number of carbonyl (C=O) groups is 2. The minimum Gasteiger partial charge on any atom is -0.480 e. The van der Waals surface area contributed by atoms with Crippen LogP contribution in [-0.4, -0.2) is 47.9 Å². The monoisotopic (exact) mass is 376 g/mol. The Morgan fingerprint density at radius 2 is 1.96 bits per heavy atom. The lowest BCUT2D eigenvalue weighted by molar-refractivity contribution is -0.139. The van der Waals surface area contributed by atoms with Crippen LogP contribution in [0, 0.1) is 0 Å². The van der Waals surface area contributed by atoms with Crippen LogP contribution in [0.4, 0.5) is 0 Å². The van der Waals surface area contributed by atoms with Crippen molar-refractivity contribution in [1.29, 1.82) is 0 Å². The van der Waals surface area contributed by atoms with Crippen molar-refractivity contribution < 1.29 is 14.7 Å². The Bertz CT molecular complexity index is 1120. The molecule has 1 aromatic carbocycles. The third-order valence-electron chi connectivity index (χ3n) is 4.29. The van der Waals surface area contributed by atoms with E-state index in [-0.39, 0.29) is 6.42 Å². The summed E-state index contributed by atoms with van der Waals surface area (Å²) in [5.74, 6) is -1.04. The highest BCUT2D eigenvalue weighted by molar-refractivity contribution is 6.06. The van der Waals surface area contributed by atoms with Crippen LogP contribution in [0.5, 0.6) is 0 Å². The number of benzene rings is 1. The van der Waals surface area contributed by atoms with E-state index in [4.69, 9.17) is 0 Å². The number of fused-ring (bicyclic) bond motifs is 1. The van der Waals surface area contributed by atoms with Crippen molar-refractivity contribution in [3.63, 3.8) is 0 Å². The average molecular weight is 376 g/mol. The Morgan fingerprint density at radius 3 is 2.68 bits per heavy atom. The molecule has 0 saturated carbocycles. The van der Waals surface area contributed by atoms with E-state index < -0.39 is 17.9 Å². The number of hydrogen-bond acceptors (Lipinski definition) is 5. The summed E-state index contributed by atoms with van der Waals surface area (Å²) < 4.78 is 0. The van der Waals surface area contributed by atoms with Crippen molar-refractivity contribution in [2.24, 2.45) is 0 Å². The lowest BCUT2D eigenvalue weighted by Gasteiger charge is -2.13. The topological polar surface area (TPSA) is 137 Å². The Morgan fingerprint density at radius 1 is 1.14 bits per heavy atom. The van der Waals surface area contributed by atoms with E-state index in [1.807, 2.05) is 18.2 Å². The van der Waals surface area contributed by atoms with Crippen LogP contribution in [-0.2, 0) is 11.2 Å². The molecule has 0 aliphatic heterocycles. The van der Waals surface area contributed by atoms with Gasteiger partial charge in [0.2, 0.25) is 0 Å². The van der Waals surface area contributed by atoms with Crippen molar-refractivity contribution in [2.75, 3.05) is 0 Å². The fourth-order valence-electron chi connectivity index (χ4n) is 2.91. The maximum atomic E-state index is 12.8. The molecule has 0 saturated heterocycles. The number of nitrogens with zero attached hydrogens (tertiary/aromatic N) is 3. The SMILES string of the molecule is O=C(N[C@@H](Cc1cnc[nH]1)C(=O)O)c1cccc2[nH]c(-c3ccncc3)nc12. The van der Waals surface area contributed by atoms with Gasteiger partial charge in [0.1, 0.15) is 17.4 Å². The largest absolute Gasteiger partial charge is 0.480 e. The molecular formula is C19H16N6O3. The molecule has 1 atom stereocenters. The molecule has 0 unspecified atom stereocenters. The van der Waals surface area contributed by atoms with Gasteiger partial charge in [-0.25, -0.2) is 14.8 Å². The predicted molar refractivity (Wildman–Crippen MR) is 101 cm³/mol. The number of hydrogen-bond donors (Lipinski definition) is 4. The first-order chi connectivity index (χ1) is 13.6. The number of nitrogens with one attached hydrogen (secondary N) is 3. The zero-order valence-corrected chi connectivity index (χ0v) is 14.6. The highest BCUT2D eigenvalue weighted by Gasteiger charge is 2.23. The highest BCUT2D eigenvalue weighted by Crippen LogP contribution is 2.22.